The molecule has 1 unspecified atom stereocenters. The zero-order chi connectivity index (χ0) is 23.7. The molecule has 0 radical (unpaired) electrons. The van der Waals surface area contributed by atoms with E-state index < -0.39 is 0 Å². The van der Waals surface area contributed by atoms with Crippen molar-refractivity contribution in [2.75, 3.05) is 19.0 Å². The first-order valence-electron chi connectivity index (χ1n) is 11.0. The molecule has 2 aromatic carbocycles. The number of benzene rings is 2. The lowest BCUT2D eigenvalue weighted by atomic mass is 10.0. The molecule has 3 heterocycles. The largest absolute Gasteiger partial charge is 0.354 e. The van der Waals surface area contributed by atoms with Crippen LogP contribution in [0.25, 0.3) is 22.0 Å². The average molecular weight is 457 g/mol. The number of hydrogen-bond acceptors (Lipinski definition) is 5. The molecule has 2 aromatic heterocycles. The van der Waals surface area contributed by atoms with Crippen LogP contribution in [0.3, 0.4) is 0 Å². The summed E-state index contributed by atoms with van der Waals surface area (Å²) in [5.41, 5.74) is 5.23. The summed E-state index contributed by atoms with van der Waals surface area (Å²) in [7, 11) is 1.57. The molecule has 0 spiro atoms. The van der Waals surface area contributed by atoms with Gasteiger partial charge in [-0.05, 0) is 36.2 Å². The van der Waals surface area contributed by atoms with E-state index in [0.717, 1.165) is 39.7 Å². The minimum atomic E-state index is -0.345. The molecule has 5 rings (SSSR count). The van der Waals surface area contributed by atoms with Crippen LogP contribution in [-0.2, 0) is 4.84 Å². The third-order valence-electron chi connectivity index (χ3n) is 5.94. The van der Waals surface area contributed by atoms with Crippen LogP contribution in [-0.4, -0.2) is 45.8 Å². The number of nitrogens with one attached hydrogen (secondary N) is 3. The van der Waals surface area contributed by atoms with E-state index in [2.05, 4.69) is 25.8 Å². The van der Waals surface area contributed by atoms with Crippen LogP contribution in [0.2, 0.25) is 0 Å². The van der Waals surface area contributed by atoms with Gasteiger partial charge in [-0.1, -0.05) is 36.4 Å². The lowest BCUT2D eigenvalue weighted by Gasteiger charge is -2.23. The third-order valence-corrected chi connectivity index (χ3v) is 5.94. The van der Waals surface area contributed by atoms with Gasteiger partial charge < -0.3 is 10.6 Å². The smallest absolute Gasteiger partial charge is 0.346 e. The Morgan fingerprint density at radius 1 is 1.15 bits per heavy atom. The second-order valence-electron chi connectivity index (χ2n) is 8.07. The van der Waals surface area contributed by atoms with Crippen molar-refractivity contribution in [3.8, 4) is 11.1 Å². The third kappa shape index (κ3) is 3.97. The van der Waals surface area contributed by atoms with Crippen molar-refractivity contribution in [3.63, 3.8) is 0 Å². The predicted octanol–water partition coefficient (Wildman–Crippen LogP) is 4.20. The summed E-state index contributed by atoms with van der Waals surface area (Å²) in [6, 6.07) is 16.9. The molecule has 9 nitrogen and oxygen atoms in total. The number of rotatable bonds is 4. The van der Waals surface area contributed by atoms with Gasteiger partial charge in [-0.25, -0.2) is 4.79 Å². The number of aryl methyl sites for hydroxylation is 1. The first-order valence-corrected chi connectivity index (χ1v) is 11.0. The van der Waals surface area contributed by atoms with Crippen molar-refractivity contribution in [2.45, 2.75) is 19.4 Å². The monoisotopic (exact) mass is 456 g/mol. The molecule has 34 heavy (non-hydrogen) atoms. The summed E-state index contributed by atoms with van der Waals surface area (Å²) < 4.78 is 0. The van der Waals surface area contributed by atoms with Crippen LogP contribution >= 0.6 is 0 Å². The summed E-state index contributed by atoms with van der Waals surface area (Å²) in [5.74, 6) is -0.250. The summed E-state index contributed by atoms with van der Waals surface area (Å²) in [6.07, 6.45) is 2.36. The van der Waals surface area contributed by atoms with Gasteiger partial charge in [0.15, 0.2) is 5.69 Å². The summed E-state index contributed by atoms with van der Waals surface area (Å²) in [4.78, 5) is 35.1. The molecule has 0 aliphatic carbocycles. The molecule has 1 aliphatic heterocycles. The van der Waals surface area contributed by atoms with Crippen LogP contribution in [0.15, 0.2) is 60.8 Å². The lowest BCUT2D eigenvalue weighted by Crippen LogP contribution is -2.33. The molecule has 4 aromatic rings. The number of hydrogen-bond donors (Lipinski definition) is 3. The quantitative estimate of drug-likeness (QED) is 0.426. The Morgan fingerprint density at radius 2 is 1.97 bits per heavy atom. The fourth-order valence-corrected chi connectivity index (χ4v) is 4.20. The molecular weight excluding hydrogens is 432 g/mol. The molecule has 1 saturated heterocycles. The molecular formula is C25H24N6O3. The molecule has 0 saturated carbocycles. The van der Waals surface area contributed by atoms with E-state index >= 15 is 0 Å². The molecule has 172 valence electrons. The van der Waals surface area contributed by atoms with Gasteiger partial charge in [-0.2, -0.15) is 10.2 Å². The highest BCUT2D eigenvalue weighted by molar-refractivity contribution is 6.05. The van der Waals surface area contributed by atoms with E-state index in [1.165, 1.54) is 5.06 Å². The maximum atomic E-state index is 13.0. The number of anilines is 1. The highest BCUT2D eigenvalue weighted by Crippen LogP contribution is 2.32. The Kier molecular flexibility index (Phi) is 5.69. The number of amides is 3. The van der Waals surface area contributed by atoms with Crippen molar-refractivity contribution in [2.24, 2.45) is 0 Å². The average Bonchev–Trinajstić information content (AvgIpc) is 3.52. The first-order chi connectivity index (χ1) is 16.5. The number of carbonyl (C=O) groups excluding carboxylic acids is 2. The Balaban J connectivity index is 1.40. The lowest BCUT2D eigenvalue weighted by molar-refractivity contribution is -0.0829. The molecule has 1 aliphatic rings. The van der Waals surface area contributed by atoms with Crippen LogP contribution in [0, 0.1) is 6.92 Å². The minimum Gasteiger partial charge on any atom is -0.354 e. The number of fused-ring (bicyclic) bond motifs is 1. The highest BCUT2D eigenvalue weighted by atomic mass is 16.7. The molecule has 1 atom stereocenters. The fraction of sp³-hybridized carbons (Fsp3) is 0.200. The fourth-order valence-electron chi connectivity index (χ4n) is 4.20. The van der Waals surface area contributed by atoms with Gasteiger partial charge in [-0.15, -0.1) is 0 Å². The number of aromatic nitrogens is 3. The van der Waals surface area contributed by atoms with E-state index in [1.807, 2.05) is 61.5 Å². The van der Waals surface area contributed by atoms with Gasteiger partial charge in [-0.3, -0.25) is 19.7 Å². The number of urea groups is 1. The minimum absolute atomic E-state index is 0.142. The van der Waals surface area contributed by atoms with E-state index in [9.17, 15) is 9.59 Å². The normalized spacial score (nSPS) is 15.5. The maximum Gasteiger partial charge on any atom is 0.346 e. The summed E-state index contributed by atoms with van der Waals surface area (Å²) >= 11 is 0. The topological polar surface area (TPSA) is 112 Å². The number of aromatic amines is 1. The summed E-state index contributed by atoms with van der Waals surface area (Å²) in [6.45, 7) is 2.38. The van der Waals surface area contributed by atoms with Crippen LogP contribution in [0.1, 0.15) is 34.2 Å². The zero-order valence-corrected chi connectivity index (χ0v) is 18.8. The Hall–Kier alpha value is -4.24. The van der Waals surface area contributed by atoms with E-state index in [4.69, 9.17) is 4.84 Å². The highest BCUT2D eigenvalue weighted by Gasteiger charge is 2.31. The molecule has 9 heteroatoms. The predicted molar refractivity (Wildman–Crippen MR) is 128 cm³/mol. The Morgan fingerprint density at radius 3 is 2.76 bits per heavy atom. The van der Waals surface area contributed by atoms with Crippen molar-refractivity contribution < 1.29 is 14.4 Å². The standard InChI is InChI=1S/C25H24N6O3/c1-15-20(17-8-9-19-21(12-17)29-30-23(19)24(32)26-2)13-18(14-27-15)28-25(33)31-22(10-11-34-31)16-6-4-3-5-7-16/h3-9,12-14,22H,10-11H2,1-2H3,(H,26,32)(H,28,33)(H,29,30). The molecule has 1 fully saturated rings. The number of pyridine rings is 1. The van der Waals surface area contributed by atoms with Crippen LogP contribution < -0.4 is 10.6 Å². The van der Waals surface area contributed by atoms with Crippen molar-refractivity contribution in [3.05, 3.63) is 77.7 Å². The van der Waals surface area contributed by atoms with E-state index in [-0.39, 0.29) is 18.0 Å². The van der Waals surface area contributed by atoms with Gasteiger partial charge >= 0.3 is 6.03 Å². The van der Waals surface area contributed by atoms with E-state index in [1.54, 1.807) is 13.2 Å². The summed E-state index contributed by atoms with van der Waals surface area (Å²) in [5, 5.41) is 14.7. The Labute approximate surface area is 196 Å². The molecule has 0 bridgehead atoms. The van der Waals surface area contributed by atoms with Crippen LogP contribution in [0.5, 0.6) is 0 Å². The van der Waals surface area contributed by atoms with Gasteiger partial charge in [0.05, 0.1) is 30.0 Å². The van der Waals surface area contributed by atoms with E-state index in [0.29, 0.717) is 18.0 Å². The Bertz CT molecular complexity index is 1370. The van der Waals surface area contributed by atoms with Crippen molar-refractivity contribution in [1.82, 2.24) is 25.6 Å². The zero-order valence-electron chi connectivity index (χ0n) is 18.8. The SMILES string of the molecule is CNC(=O)c1n[nH]c2cc(-c3cc(NC(=O)N4OCCC4c4ccccc4)cnc3C)ccc12. The van der Waals surface area contributed by atoms with Crippen molar-refractivity contribution in [1.29, 1.82) is 0 Å². The maximum absolute atomic E-state index is 13.0. The van der Waals surface area contributed by atoms with Gasteiger partial charge in [0, 0.05) is 30.1 Å². The van der Waals surface area contributed by atoms with Gasteiger partial charge in [0.1, 0.15) is 0 Å². The molecule has 3 amide bonds. The van der Waals surface area contributed by atoms with Gasteiger partial charge in [0.2, 0.25) is 0 Å². The van der Waals surface area contributed by atoms with Crippen molar-refractivity contribution >= 4 is 28.5 Å². The first kappa shape index (κ1) is 21.6. The number of carbonyl (C=O) groups is 2. The van der Waals surface area contributed by atoms with Gasteiger partial charge in [0.25, 0.3) is 5.91 Å². The second kappa shape index (κ2) is 8.95. The number of nitrogens with zero attached hydrogens (tertiary/aromatic N) is 3. The molecule has 3 N–H and O–H groups in total. The van der Waals surface area contributed by atoms with Crippen LogP contribution in [0.4, 0.5) is 10.5 Å². The second-order valence-corrected chi connectivity index (χ2v) is 8.07. The number of hydroxylamine groups is 2. The number of H-pyrrole nitrogens is 1.